The molecule has 2 fully saturated rings. The van der Waals surface area contributed by atoms with Gasteiger partial charge in [0.05, 0.1) is 11.6 Å². The lowest BCUT2D eigenvalue weighted by molar-refractivity contribution is 0.241. The van der Waals surface area contributed by atoms with E-state index in [2.05, 4.69) is 24.0 Å². The summed E-state index contributed by atoms with van der Waals surface area (Å²) in [6, 6.07) is 0.722. The lowest BCUT2D eigenvalue weighted by Crippen LogP contribution is -2.48. The predicted molar refractivity (Wildman–Crippen MR) is 79.8 cm³/mol. The number of hydrogen-bond acceptors (Lipinski definition) is 2. The van der Waals surface area contributed by atoms with Crippen molar-refractivity contribution >= 4 is 17.4 Å². The Hall–Kier alpha value is -0.700. The SMILES string of the molecule is Cc1nn(C)c(N2CCCC3CCCCC32)c1CCl. The van der Waals surface area contributed by atoms with E-state index in [-0.39, 0.29) is 0 Å². The number of hydrogen-bond donors (Lipinski definition) is 0. The Labute approximate surface area is 120 Å². The van der Waals surface area contributed by atoms with Crippen LogP contribution < -0.4 is 4.90 Å². The fourth-order valence-electron chi connectivity index (χ4n) is 4.09. The zero-order valence-electron chi connectivity index (χ0n) is 12.0. The number of nitrogens with zero attached hydrogens (tertiary/aromatic N) is 3. The topological polar surface area (TPSA) is 21.1 Å². The van der Waals surface area contributed by atoms with E-state index in [4.69, 9.17) is 11.6 Å². The molecule has 0 radical (unpaired) electrons. The van der Waals surface area contributed by atoms with E-state index in [1.165, 1.54) is 56.5 Å². The zero-order valence-corrected chi connectivity index (χ0v) is 12.8. The van der Waals surface area contributed by atoms with Crippen LogP contribution in [-0.2, 0) is 12.9 Å². The number of halogens is 1. The molecule has 1 saturated carbocycles. The Balaban J connectivity index is 1.96. The van der Waals surface area contributed by atoms with Crippen LogP contribution in [0.5, 0.6) is 0 Å². The highest BCUT2D eigenvalue weighted by atomic mass is 35.5. The molecule has 0 N–H and O–H groups in total. The summed E-state index contributed by atoms with van der Waals surface area (Å²) >= 11 is 6.17. The third-order valence-corrected chi connectivity index (χ3v) is 5.23. The third-order valence-electron chi connectivity index (χ3n) is 4.96. The van der Waals surface area contributed by atoms with Crippen LogP contribution >= 0.6 is 11.6 Å². The molecule has 1 aliphatic carbocycles. The molecule has 2 heterocycles. The van der Waals surface area contributed by atoms with Crippen LogP contribution in [0.25, 0.3) is 0 Å². The number of piperidine rings is 1. The normalized spacial score (nSPS) is 27.4. The Morgan fingerprint density at radius 2 is 1.95 bits per heavy atom. The van der Waals surface area contributed by atoms with E-state index >= 15 is 0 Å². The summed E-state index contributed by atoms with van der Waals surface area (Å²) in [5.74, 6) is 2.74. The maximum absolute atomic E-state index is 6.17. The first-order valence-corrected chi connectivity index (χ1v) is 8.11. The van der Waals surface area contributed by atoms with Crippen LogP contribution in [0.3, 0.4) is 0 Å². The number of anilines is 1. The molecule has 1 aromatic heterocycles. The molecular formula is C15H24ClN3. The second-order valence-electron chi connectivity index (χ2n) is 6.09. The largest absolute Gasteiger partial charge is 0.353 e. The van der Waals surface area contributed by atoms with Crippen molar-refractivity contribution in [2.75, 3.05) is 11.4 Å². The van der Waals surface area contributed by atoms with E-state index in [0.717, 1.165) is 17.7 Å². The van der Waals surface area contributed by atoms with E-state index in [9.17, 15) is 0 Å². The van der Waals surface area contributed by atoms with Crippen LogP contribution in [0.4, 0.5) is 5.82 Å². The summed E-state index contributed by atoms with van der Waals surface area (Å²) < 4.78 is 2.05. The van der Waals surface area contributed by atoms with Gasteiger partial charge in [0, 0.05) is 25.2 Å². The van der Waals surface area contributed by atoms with Gasteiger partial charge in [-0.1, -0.05) is 12.8 Å². The molecule has 2 aliphatic rings. The highest BCUT2D eigenvalue weighted by Gasteiger charge is 2.35. The molecule has 1 aromatic rings. The average molecular weight is 282 g/mol. The van der Waals surface area contributed by atoms with E-state index < -0.39 is 0 Å². The van der Waals surface area contributed by atoms with Crippen molar-refractivity contribution < 1.29 is 0 Å². The minimum Gasteiger partial charge on any atom is -0.353 e. The minimum absolute atomic E-state index is 0.572. The number of fused-ring (bicyclic) bond motifs is 1. The van der Waals surface area contributed by atoms with Crippen LogP contribution in [0.2, 0.25) is 0 Å². The first-order valence-electron chi connectivity index (χ1n) is 7.57. The number of rotatable bonds is 2. The van der Waals surface area contributed by atoms with Crippen molar-refractivity contribution in [1.29, 1.82) is 0 Å². The van der Waals surface area contributed by atoms with Crippen molar-refractivity contribution in [3.8, 4) is 0 Å². The second-order valence-corrected chi connectivity index (χ2v) is 6.36. The van der Waals surface area contributed by atoms with Gasteiger partial charge < -0.3 is 4.90 Å². The van der Waals surface area contributed by atoms with Gasteiger partial charge in [0.1, 0.15) is 5.82 Å². The molecule has 19 heavy (non-hydrogen) atoms. The number of aromatic nitrogens is 2. The van der Waals surface area contributed by atoms with Crippen LogP contribution in [0.1, 0.15) is 49.8 Å². The molecule has 0 aromatic carbocycles. The Kier molecular flexibility index (Phi) is 3.75. The predicted octanol–water partition coefficient (Wildman–Crippen LogP) is 3.63. The maximum atomic E-state index is 6.17. The van der Waals surface area contributed by atoms with Crippen molar-refractivity contribution in [2.24, 2.45) is 13.0 Å². The summed E-state index contributed by atoms with van der Waals surface area (Å²) in [6.07, 6.45) is 8.28. The van der Waals surface area contributed by atoms with Gasteiger partial charge in [-0.2, -0.15) is 5.10 Å². The van der Waals surface area contributed by atoms with Crippen LogP contribution in [-0.4, -0.2) is 22.4 Å². The highest BCUT2D eigenvalue weighted by Crippen LogP contribution is 2.39. The first-order chi connectivity index (χ1) is 9.22. The second kappa shape index (κ2) is 5.35. The van der Waals surface area contributed by atoms with Crippen molar-refractivity contribution in [1.82, 2.24) is 9.78 Å². The average Bonchev–Trinajstić information content (AvgIpc) is 2.72. The minimum atomic E-state index is 0.572. The Morgan fingerprint density at radius 1 is 1.21 bits per heavy atom. The standard InChI is InChI=1S/C15H24ClN3/c1-11-13(10-16)15(18(2)17-11)19-9-5-7-12-6-3-4-8-14(12)19/h12,14H,3-10H2,1-2H3. The molecule has 0 spiro atoms. The highest BCUT2D eigenvalue weighted by molar-refractivity contribution is 6.17. The van der Waals surface area contributed by atoms with Gasteiger partial charge in [-0.05, 0) is 38.5 Å². The maximum Gasteiger partial charge on any atom is 0.131 e. The molecule has 4 heteroatoms. The summed E-state index contributed by atoms with van der Waals surface area (Å²) in [7, 11) is 2.06. The quantitative estimate of drug-likeness (QED) is 0.772. The smallest absolute Gasteiger partial charge is 0.131 e. The van der Waals surface area contributed by atoms with Gasteiger partial charge in [0.2, 0.25) is 0 Å². The fraction of sp³-hybridized carbons (Fsp3) is 0.800. The van der Waals surface area contributed by atoms with Gasteiger partial charge in [-0.15, -0.1) is 11.6 Å². The van der Waals surface area contributed by atoms with E-state index in [1.54, 1.807) is 0 Å². The molecule has 2 unspecified atom stereocenters. The summed E-state index contributed by atoms with van der Waals surface area (Å²) in [6.45, 7) is 3.24. The van der Waals surface area contributed by atoms with Gasteiger partial charge in [-0.25, -0.2) is 0 Å². The van der Waals surface area contributed by atoms with Crippen LogP contribution in [0, 0.1) is 12.8 Å². The summed E-state index contributed by atoms with van der Waals surface area (Å²) in [5.41, 5.74) is 2.32. The first kappa shape index (κ1) is 13.3. The number of aryl methyl sites for hydroxylation is 2. The molecule has 106 valence electrons. The van der Waals surface area contributed by atoms with Crippen molar-refractivity contribution in [3.05, 3.63) is 11.3 Å². The third kappa shape index (κ3) is 2.26. The molecule has 0 amide bonds. The Bertz CT molecular complexity index is 452. The molecule has 0 bridgehead atoms. The summed E-state index contributed by atoms with van der Waals surface area (Å²) in [4.78, 5) is 2.62. The Morgan fingerprint density at radius 3 is 2.74 bits per heavy atom. The molecule has 3 nitrogen and oxygen atoms in total. The number of alkyl halides is 1. The zero-order chi connectivity index (χ0) is 13.4. The molecular weight excluding hydrogens is 258 g/mol. The van der Waals surface area contributed by atoms with E-state index in [1.807, 2.05) is 4.68 Å². The lowest BCUT2D eigenvalue weighted by Gasteiger charge is -2.45. The van der Waals surface area contributed by atoms with Crippen molar-refractivity contribution in [3.63, 3.8) is 0 Å². The van der Waals surface area contributed by atoms with Gasteiger partial charge in [0.25, 0.3) is 0 Å². The molecule has 1 saturated heterocycles. The van der Waals surface area contributed by atoms with Crippen molar-refractivity contribution in [2.45, 2.75) is 57.4 Å². The summed E-state index contributed by atoms with van der Waals surface area (Å²) in [5, 5.41) is 4.59. The lowest BCUT2D eigenvalue weighted by atomic mass is 9.78. The molecule has 3 rings (SSSR count). The van der Waals surface area contributed by atoms with Gasteiger partial charge >= 0.3 is 0 Å². The molecule has 1 aliphatic heterocycles. The molecule has 2 atom stereocenters. The fourth-order valence-corrected chi connectivity index (χ4v) is 4.41. The van der Waals surface area contributed by atoms with Crippen LogP contribution in [0.15, 0.2) is 0 Å². The monoisotopic (exact) mass is 281 g/mol. The van der Waals surface area contributed by atoms with Gasteiger partial charge in [-0.3, -0.25) is 4.68 Å². The van der Waals surface area contributed by atoms with Gasteiger partial charge in [0.15, 0.2) is 0 Å². The van der Waals surface area contributed by atoms with E-state index in [0.29, 0.717) is 5.88 Å².